The van der Waals surface area contributed by atoms with Crippen LogP contribution < -0.4 is 0 Å². The number of rotatable bonds is 2. The maximum atomic E-state index is 8.77. The molecule has 0 spiro atoms. The third-order valence-electron chi connectivity index (χ3n) is 2.18. The van der Waals surface area contributed by atoms with Crippen LogP contribution in [-0.4, -0.2) is 0 Å². The quantitative estimate of drug-likeness (QED) is 0.727. The normalized spacial score (nSPS) is 10.8. The molecular weight excluding hydrogens is 186 g/mol. The highest BCUT2D eigenvalue weighted by atomic mass is 14.3. The zero-order valence-electron chi connectivity index (χ0n) is 8.36. The van der Waals surface area contributed by atoms with Gasteiger partial charge in [0.15, 0.2) is 0 Å². The summed E-state index contributed by atoms with van der Waals surface area (Å²) in [5.74, 6) is 0.0513. The van der Waals surface area contributed by atoms with Crippen molar-refractivity contribution in [2.24, 2.45) is 0 Å². The van der Waals surface area contributed by atoms with Crippen LogP contribution in [0.1, 0.15) is 36.0 Å². The third-order valence-corrected chi connectivity index (χ3v) is 2.18. The van der Waals surface area contributed by atoms with E-state index in [0.29, 0.717) is 17.5 Å². The highest BCUT2D eigenvalue weighted by Crippen LogP contribution is 2.21. The molecule has 0 bridgehead atoms. The first-order chi connectivity index (χ1) is 7.21. The van der Waals surface area contributed by atoms with Crippen LogP contribution in [0.4, 0.5) is 0 Å². The SMILES string of the molecule is CC(CC#N)c1cc(C#N)cc(C#N)c1. The number of nitriles is 3. The van der Waals surface area contributed by atoms with Crippen molar-refractivity contribution in [3.8, 4) is 18.2 Å². The molecule has 0 aliphatic rings. The van der Waals surface area contributed by atoms with Crippen LogP contribution in [0, 0.1) is 34.0 Å². The number of hydrogen-bond donors (Lipinski definition) is 0. The fourth-order valence-corrected chi connectivity index (χ4v) is 1.32. The van der Waals surface area contributed by atoms with E-state index in [0.717, 1.165) is 5.56 Å². The van der Waals surface area contributed by atoms with Crippen molar-refractivity contribution in [3.63, 3.8) is 0 Å². The summed E-state index contributed by atoms with van der Waals surface area (Å²) in [7, 11) is 0. The molecule has 72 valence electrons. The topological polar surface area (TPSA) is 71.4 Å². The van der Waals surface area contributed by atoms with Crippen molar-refractivity contribution < 1.29 is 0 Å². The Kier molecular flexibility index (Phi) is 3.44. The van der Waals surface area contributed by atoms with Gasteiger partial charge >= 0.3 is 0 Å². The maximum Gasteiger partial charge on any atom is 0.0992 e. The predicted molar refractivity (Wildman–Crippen MR) is 54.5 cm³/mol. The van der Waals surface area contributed by atoms with Gasteiger partial charge in [0.05, 0.1) is 29.3 Å². The molecule has 1 unspecified atom stereocenters. The van der Waals surface area contributed by atoms with Gasteiger partial charge < -0.3 is 0 Å². The summed E-state index contributed by atoms with van der Waals surface area (Å²) in [6, 6.07) is 11.1. The van der Waals surface area contributed by atoms with E-state index < -0.39 is 0 Å². The zero-order chi connectivity index (χ0) is 11.3. The summed E-state index contributed by atoms with van der Waals surface area (Å²) in [4.78, 5) is 0. The monoisotopic (exact) mass is 195 g/mol. The largest absolute Gasteiger partial charge is 0.198 e. The fourth-order valence-electron chi connectivity index (χ4n) is 1.32. The lowest BCUT2D eigenvalue weighted by Crippen LogP contribution is -1.94. The molecule has 0 fully saturated rings. The summed E-state index contributed by atoms with van der Waals surface area (Å²) in [6.07, 6.45) is 0.389. The van der Waals surface area contributed by atoms with E-state index in [1.165, 1.54) is 0 Å². The van der Waals surface area contributed by atoms with E-state index in [4.69, 9.17) is 15.8 Å². The minimum atomic E-state index is 0.0513. The molecule has 1 rings (SSSR count). The third kappa shape index (κ3) is 2.56. The second-order valence-corrected chi connectivity index (χ2v) is 3.33. The molecule has 1 aromatic carbocycles. The predicted octanol–water partition coefficient (Wildman–Crippen LogP) is 2.45. The van der Waals surface area contributed by atoms with Gasteiger partial charge in [-0.25, -0.2) is 0 Å². The first kappa shape index (κ1) is 10.8. The molecule has 3 nitrogen and oxygen atoms in total. The van der Waals surface area contributed by atoms with Crippen LogP contribution in [-0.2, 0) is 0 Å². The fraction of sp³-hybridized carbons (Fsp3) is 0.250. The molecule has 0 heterocycles. The van der Waals surface area contributed by atoms with Crippen molar-refractivity contribution in [2.45, 2.75) is 19.3 Å². The first-order valence-corrected chi connectivity index (χ1v) is 4.53. The van der Waals surface area contributed by atoms with Crippen molar-refractivity contribution in [3.05, 3.63) is 34.9 Å². The lowest BCUT2D eigenvalue weighted by atomic mass is 9.95. The average molecular weight is 195 g/mol. The molecule has 1 atom stereocenters. The van der Waals surface area contributed by atoms with E-state index in [1.54, 1.807) is 18.2 Å². The van der Waals surface area contributed by atoms with E-state index in [2.05, 4.69) is 6.07 Å². The summed E-state index contributed by atoms with van der Waals surface area (Å²) < 4.78 is 0. The second-order valence-electron chi connectivity index (χ2n) is 3.33. The lowest BCUT2D eigenvalue weighted by Gasteiger charge is -2.07. The second kappa shape index (κ2) is 4.80. The number of nitrogens with zero attached hydrogens (tertiary/aromatic N) is 3. The van der Waals surface area contributed by atoms with E-state index in [9.17, 15) is 0 Å². The molecule has 0 aliphatic heterocycles. The molecule has 0 N–H and O–H groups in total. The summed E-state index contributed by atoms with van der Waals surface area (Å²) in [5, 5.41) is 26.1. The molecule has 0 saturated heterocycles. The smallest absolute Gasteiger partial charge is 0.0992 e. The summed E-state index contributed by atoms with van der Waals surface area (Å²) in [6.45, 7) is 1.90. The van der Waals surface area contributed by atoms with Crippen molar-refractivity contribution in [2.75, 3.05) is 0 Å². The Labute approximate surface area is 88.8 Å². The van der Waals surface area contributed by atoms with Gasteiger partial charge in [0.1, 0.15) is 0 Å². The van der Waals surface area contributed by atoms with Gasteiger partial charge in [-0.3, -0.25) is 0 Å². The molecular formula is C12H9N3. The van der Waals surface area contributed by atoms with Crippen LogP contribution in [0.5, 0.6) is 0 Å². The van der Waals surface area contributed by atoms with Gasteiger partial charge in [-0.2, -0.15) is 15.8 Å². The van der Waals surface area contributed by atoms with Gasteiger partial charge in [-0.15, -0.1) is 0 Å². The van der Waals surface area contributed by atoms with Crippen molar-refractivity contribution >= 4 is 0 Å². The van der Waals surface area contributed by atoms with Crippen LogP contribution >= 0.6 is 0 Å². The van der Waals surface area contributed by atoms with Crippen molar-refractivity contribution in [1.82, 2.24) is 0 Å². The van der Waals surface area contributed by atoms with Crippen LogP contribution in [0.3, 0.4) is 0 Å². The number of hydrogen-bond acceptors (Lipinski definition) is 3. The molecule has 0 amide bonds. The Balaban J connectivity index is 3.16. The van der Waals surface area contributed by atoms with Gasteiger partial charge in [-0.05, 0) is 29.7 Å². The minimum absolute atomic E-state index is 0.0513. The van der Waals surface area contributed by atoms with Crippen molar-refractivity contribution in [1.29, 1.82) is 15.8 Å². The Morgan fingerprint density at radius 1 is 1.07 bits per heavy atom. The maximum absolute atomic E-state index is 8.77. The molecule has 15 heavy (non-hydrogen) atoms. The molecule has 0 radical (unpaired) electrons. The van der Waals surface area contributed by atoms with E-state index in [-0.39, 0.29) is 5.92 Å². The molecule has 1 aromatic rings. The summed E-state index contributed by atoms with van der Waals surface area (Å²) >= 11 is 0. The Morgan fingerprint density at radius 2 is 1.60 bits per heavy atom. The van der Waals surface area contributed by atoms with Gasteiger partial charge in [0, 0.05) is 6.42 Å². The Morgan fingerprint density at radius 3 is 2.00 bits per heavy atom. The van der Waals surface area contributed by atoms with Crippen LogP contribution in [0.2, 0.25) is 0 Å². The molecule has 0 aromatic heterocycles. The van der Waals surface area contributed by atoms with Gasteiger partial charge in [-0.1, -0.05) is 6.92 Å². The Bertz CT molecular complexity index is 451. The average Bonchev–Trinajstić information content (AvgIpc) is 2.28. The first-order valence-electron chi connectivity index (χ1n) is 4.53. The van der Waals surface area contributed by atoms with E-state index in [1.807, 2.05) is 19.1 Å². The zero-order valence-corrected chi connectivity index (χ0v) is 8.36. The molecule has 0 saturated carbocycles. The highest BCUT2D eigenvalue weighted by molar-refractivity contribution is 5.43. The lowest BCUT2D eigenvalue weighted by molar-refractivity contribution is 0.788. The van der Waals surface area contributed by atoms with E-state index >= 15 is 0 Å². The van der Waals surface area contributed by atoms with Gasteiger partial charge in [0.2, 0.25) is 0 Å². The van der Waals surface area contributed by atoms with Gasteiger partial charge in [0.25, 0.3) is 0 Å². The van der Waals surface area contributed by atoms with Crippen LogP contribution in [0.25, 0.3) is 0 Å². The number of benzene rings is 1. The molecule has 3 heteroatoms. The highest BCUT2D eigenvalue weighted by Gasteiger charge is 2.07. The van der Waals surface area contributed by atoms with Crippen LogP contribution in [0.15, 0.2) is 18.2 Å². The Hall–Kier alpha value is -2.31. The minimum Gasteiger partial charge on any atom is -0.198 e. The molecule has 0 aliphatic carbocycles. The summed E-state index contributed by atoms with van der Waals surface area (Å²) in [5.41, 5.74) is 1.80. The standard InChI is InChI=1S/C12H9N3/c1-9(2-3-13)12-5-10(7-14)4-11(6-12)8-15/h4-6,9H,2H2,1H3.